The molecular weight excluding hydrogens is 482 g/mol. The summed E-state index contributed by atoms with van der Waals surface area (Å²) >= 11 is 0. The minimum Gasteiger partial charge on any atom is -0.444 e. The van der Waals surface area contributed by atoms with Gasteiger partial charge in [0.25, 0.3) is 0 Å². The highest BCUT2D eigenvalue weighted by molar-refractivity contribution is 6.02. The first-order chi connectivity index (χ1) is 18.1. The summed E-state index contributed by atoms with van der Waals surface area (Å²) < 4.78 is 5.49. The van der Waals surface area contributed by atoms with Crippen LogP contribution in [0.1, 0.15) is 71.4 Å². The van der Waals surface area contributed by atoms with Crippen molar-refractivity contribution in [3.8, 4) is 6.07 Å². The lowest BCUT2D eigenvalue weighted by atomic mass is 9.81. The summed E-state index contributed by atoms with van der Waals surface area (Å²) in [5, 5.41) is 13.0. The summed E-state index contributed by atoms with van der Waals surface area (Å²) in [5.41, 5.74) is 0.295. The normalized spacial score (nSPS) is 24.3. The molecule has 0 radical (unpaired) electrons. The van der Waals surface area contributed by atoms with Gasteiger partial charge in [-0.1, -0.05) is 0 Å². The lowest BCUT2D eigenvalue weighted by Gasteiger charge is -2.33. The van der Waals surface area contributed by atoms with E-state index in [1.54, 1.807) is 28.3 Å². The van der Waals surface area contributed by atoms with Crippen LogP contribution in [0.25, 0.3) is 0 Å². The van der Waals surface area contributed by atoms with Gasteiger partial charge in [-0.05, 0) is 83.9 Å². The molecule has 2 aliphatic heterocycles. The first-order valence-electron chi connectivity index (χ1n) is 13.4. The van der Waals surface area contributed by atoms with Crippen molar-refractivity contribution in [3.05, 3.63) is 36.3 Å². The molecule has 5 rings (SSSR count). The second-order valence-electron chi connectivity index (χ2n) is 11.7. The predicted molar refractivity (Wildman–Crippen MR) is 142 cm³/mol. The van der Waals surface area contributed by atoms with Gasteiger partial charge in [-0.15, -0.1) is 0 Å². The molecule has 0 aromatic carbocycles. The van der Waals surface area contributed by atoms with E-state index in [9.17, 15) is 14.9 Å². The van der Waals surface area contributed by atoms with E-state index >= 15 is 0 Å². The van der Waals surface area contributed by atoms with Crippen LogP contribution in [0.4, 0.5) is 22.2 Å². The van der Waals surface area contributed by atoms with Crippen molar-refractivity contribution in [1.82, 2.24) is 19.9 Å². The number of pyridine rings is 1. The number of rotatable bonds is 5. The molecule has 2 aromatic rings. The average Bonchev–Trinajstić information content (AvgIpc) is 3.70. The standard InChI is InChI=1S/C28H35N7O3/c1-18-15-28(17-29,20-5-6-20)24(36)35(18)23-9-12-30-25(33-23)32-21-7-8-22(31-16-21)19-10-13-34(14-11-19)26(37)38-27(2,3)4/h7-9,12,16,18-20H,5-6,10-11,13-15H2,1-4H3,(H,30,32,33)/t18-,28-/m1/s1. The molecule has 1 N–H and O–H groups in total. The highest BCUT2D eigenvalue weighted by Crippen LogP contribution is 2.53. The van der Waals surface area contributed by atoms with E-state index in [0.29, 0.717) is 31.3 Å². The molecule has 1 aliphatic carbocycles. The molecular formula is C28H35N7O3. The Morgan fingerprint density at radius 1 is 1.16 bits per heavy atom. The van der Waals surface area contributed by atoms with E-state index in [2.05, 4.69) is 26.3 Å². The number of amides is 2. The zero-order valence-corrected chi connectivity index (χ0v) is 22.5. The second-order valence-corrected chi connectivity index (χ2v) is 11.7. The molecule has 10 nitrogen and oxygen atoms in total. The van der Waals surface area contributed by atoms with Crippen LogP contribution < -0.4 is 10.2 Å². The highest BCUT2D eigenvalue weighted by Gasteiger charge is 2.59. The predicted octanol–water partition coefficient (Wildman–Crippen LogP) is 4.77. The van der Waals surface area contributed by atoms with Crippen molar-refractivity contribution in [2.45, 2.75) is 77.4 Å². The first kappa shape index (κ1) is 25.9. The number of piperidine rings is 1. The molecule has 0 unspecified atom stereocenters. The minimum atomic E-state index is -0.930. The summed E-state index contributed by atoms with van der Waals surface area (Å²) in [6.07, 6.45) is 7.17. The van der Waals surface area contributed by atoms with Crippen molar-refractivity contribution < 1.29 is 14.3 Å². The van der Waals surface area contributed by atoms with E-state index in [0.717, 1.165) is 37.1 Å². The number of likely N-dealkylation sites (tertiary alicyclic amines) is 1. The number of carbonyl (C=O) groups excluding carboxylic acids is 2. The molecule has 10 heteroatoms. The Labute approximate surface area is 223 Å². The van der Waals surface area contributed by atoms with Crippen LogP contribution in [0.3, 0.4) is 0 Å². The molecule has 2 aromatic heterocycles. The highest BCUT2D eigenvalue weighted by atomic mass is 16.6. The van der Waals surface area contributed by atoms with Crippen LogP contribution in [0.2, 0.25) is 0 Å². The molecule has 38 heavy (non-hydrogen) atoms. The quantitative estimate of drug-likeness (QED) is 0.601. The van der Waals surface area contributed by atoms with Gasteiger partial charge in [-0.3, -0.25) is 14.7 Å². The maximum absolute atomic E-state index is 13.3. The van der Waals surface area contributed by atoms with Crippen molar-refractivity contribution in [2.75, 3.05) is 23.3 Å². The van der Waals surface area contributed by atoms with E-state index in [1.165, 1.54) is 0 Å². The molecule has 2 saturated heterocycles. The number of nitriles is 1. The number of nitrogens with zero attached hydrogens (tertiary/aromatic N) is 6. The lowest BCUT2D eigenvalue weighted by Crippen LogP contribution is -2.41. The zero-order valence-electron chi connectivity index (χ0n) is 22.5. The van der Waals surface area contributed by atoms with Crippen molar-refractivity contribution in [1.29, 1.82) is 5.26 Å². The van der Waals surface area contributed by atoms with E-state index in [1.807, 2.05) is 39.8 Å². The van der Waals surface area contributed by atoms with Crippen LogP contribution in [0, 0.1) is 22.7 Å². The van der Waals surface area contributed by atoms with Crippen molar-refractivity contribution >= 4 is 29.5 Å². The van der Waals surface area contributed by atoms with Crippen LogP contribution in [0.15, 0.2) is 30.6 Å². The third-order valence-electron chi connectivity index (χ3n) is 7.63. The van der Waals surface area contributed by atoms with Crippen LogP contribution in [0.5, 0.6) is 0 Å². The SMILES string of the molecule is C[C@@H]1C[C@@](C#N)(C2CC2)C(=O)N1c1ccnc(Nc2ccc(C3CCN(C(=O)OC(C)(C)C)CC3)nc2)n1. The van der Waals surface area contributed by atoms with Gasteiger partial charge < -0.3 is 15.0 Å². The summed E-state index contributed by atoms with van der Waals surface area (Å²) in [7, 11) is 0. The third-order valence-corrected chi connectivity index (χ3v) is 7.63. The Morgan fingerprint density at radius 3 is 2.50 bits per heavy atom. The maximum atomic E-state index is 13.3. The molecule has 4 heterocycles. The van der Waals surface area contributed by atoms with E-state index in [-0.39, 0.29) is 29.9 Å². The van der Waals surface area contributed by atoms with Gasteiger partial charge in [-0.25, -0.2) is 9.78 Å². The number of anilines is 3. The lowest BCUT2D eigenvalue weighted by molar-refractivity contribution is -0.123. The molecule has 1 saturated carbocycles. The number of nitrogens with one attached hydrogen (secondary N) is 1. The van der Waals surface area contributed by atoms with Crippen LogP contribution in [-0.2, 0) is 9.53 Å². The number of carbonyl (C=O) groups is 2. The third kappa shape index (κ3) is 5.15. The number of ether oxygens (including phenoxy) is 1. The van der Waals surface area contributed by atoms with Gasteiger partial charge in [0.2, 0.25) is 11.9 Å². The smallest absolute Gasteiger partial charge is 0.410 e. The van der Waals surface area contributed by atoms with Gasteiger partial charge in [0.15, 0.2) is 0 Å². The second kappa shape index (κ2) is 9.86. The molecule has 3 aliphatic rings. The zero-order chi connectivity index (χ0) is 27.1. The number of aromatic nitrogens is 3. The van der Waals surface area contributed by atoms with Crippen molar-refractivity contribution in [2.24, 2.45) is 11.3 Å². The minimum absolute atomic E-state index is 0.104. The van der Waals surface area contributed by atoms with Crippen molar-refractivity contribution in [3.63, 3.8) is 0 Å². The fourth-order valence-electron chi connectivity index (χ4n) is 5.57. The summed E-state index contributed by atoms with van der Waals surface area (Å²) in [6.45, 7) is 8.87. The Hall–Kier alpha value is -3.74. The number of hydrogen-bond donors (Lipinski definition) is 1. The van der Waals surface area contributed by atoms with Gasteiger partial charge in [0, 0.05) is 36.9 Å². The molecule has 2 amide bonds. The van der Waals surface area contributed by atoms with Crippen LogP contribution >= 0.6 is 0 Å². The Balaban J connectivity index is 1.21. The van der Waals surface area contributed by atoms with Gasteiger partial charge in [0.05, 0.1) is 18.0 Å². The van der Waals surface area contributed by atoms with E-state index < -0.39 is 11.0 Å². The van der Waals surface area contributed by atoms with E-state index in [4.69, 9.17) is 4.74 Å². The Morgan fingerprint density at radius 2 is 1.89 bits per heavy atom. The summed E-state index contributed by atoms with van der Waals surface area (Å²) in [6, 6.07) is 7.88. The molecule has 200 valence electrons. The largest absolute Gasteiger partial charge is 0.444 e. The van der Waals surface area contributed by atoms with Gasteiger partial charge >= 0.3 is 6.09 Å². The summed E-state index contributed by atoms with van der Waals surface area (Å²) in [4.78, 5) is 42.6. The van der Waals surface area contributed by atoms with Crippen LogP contribution in [-0.4, -0.2) is 56.6 Å². The fourth-order valence-corrected chi connectivity index (χ4v) is 5.57. The molecule has 3 fully saturated rings. The summed E-state index contributed by atoms with van der Waals surface area (Å²) in [5.74, 6) is 1.14. The fraction of sp³-hybridized carbons (Fsp3) is 0.571. The maximum Gasteiger partial charge on any atom is 0.410 e. The topological polar surface area (TPSA) is 124 Å². The Kier molecular flexibility index (Phi) is 6.72. The molecule has 0 spiro atoms. The monoisotopic (exact) mass is 517 g/mol. The average molecular weight is 518 g/mol. The van der Waals surface area contributed by atoms with Gasteiger partial charge in [0.1, 0.15) is 16.8 Å². The molecule has 2 atom stereocenters. The number of hydrogen-bond acceptors (Lipinski definition) is 8. The van der Waals surface area contributed by atoms with Gasteiger partial charge in [-0.2, -0.15) is 10.2 Å². The molecule has 0 bridgehead atoms. The Bertz CT molecular complexity index is 1240. The first-order valence-corrected chi connectivity index (χ1v) is 13.4.